The minimum absolute atomic E-state index is 0.0408. The SMILES string of the molecule is O=S(=O)(CCCSc1nnc(-c2cccc(Cl)c2)o1)c1ccc(F)cc1. The summed E-state index contributed by atoms with van der Waals surface area (Å²) in [7, 11) is -3.44. The molecule has 0 aliphatic rings. The van der Waals surface area contributed by atoms with Crippen molar-refractivity contribution in [2.24, 2.45) is 0 Å². The number of benzene rings is 2. The maximum absolute atomic E-state index is 12.9. The molecule has 0 N–H and O–H groups in total. The van der Waals surface area contributed by atoms with Gasteiger partial charge in [-0.25, -0.2) is 12.8 Å². The van der Waals surface area contributed by atoms with Gasteiger partial charge >= 0.3 is 0 Å². The molecule has 0 saturated carbocycles. The summed E-state index contributed by atoms with van der Waals surface area (Å²) in [5.41, 5.74) is 0.718. The molecule has 0 aliphatic heterocycles. The first-order valence-corrected chi connectivity index (χ1v) is 10.7. The second-order valence-corrected chi connectivity index (χ2v) is 8.95. The van der Waals surface area contributed by atoms with Crippen molar-refractivity contribution >= 4 is 33.2 Å². The molecule has 0 saturated heterocycles. The van der Waals surface area contributed by atoms with Gasteiger partial charge in [0.05, 0.1) is 10.6 Å². The van der Waals surface area contributed by atoms with Gasteiger partial charge in [0, 0.05) is 16.3 Å². The Bertz CT molecular complexity index is 991. The highest BCUT2D eigenvalue weighted by molar-refractivity contribution is 7.99. The number of nitrogens with zero attached hydrogens (tertiary/aromatic N) is 2. The topological polar surface area (TPSA) is 73.1 Å². The highest BCUT2D eigenvalue weighted by atomic mass is 35.5. The van der Waals surface area contributed by atoms with Gasteiger partial charge < -0.3 is 4.42 Å². The summed E-state index contributed by atoms with van der Waals surface area (Å²) in [5.74, 6) is 0.346. The van der Waals surface area contributed by atoms with Crippen LogP contribution < -0.4 is 0 Å². The highest BCUT2D eigenvalue weighted by Gasteiger charge is 2.15. The second-order valence-electron chi connectivity index (χ2n) is 5.36. The zero-order valence-electron chi connectivity index (χ0n) is 13.4. The van der Waals surface area contributed by atoms with E-state index >= 15 is 0 Å². The first-order chi connectivity index (χ1) is 12.4. The van der Waals surface area contributed by atoms with E-state index in [9.17, 15) is 12.8 Å². The van der Waals surface area contributed by atoms with E-state index in [1.807, 2.05) is 6.07 Å². The maximum atomic E-state index is 12.9. The predicted molar refractivity (Wildman–Crippen MR) is 98.5 cm³/mol. The third-order valence-corrected chi connectivity index (χ3v) is 6.39. The van der Waals surface area contributed by atoms with Crippen LogP contribution in [0.3, 0.4) is 0 Å². The van der Waals surface area contributed by atoms with Gasteiger partial charge in [0.15, 0.2) is 9.84 Å². The van der Waals surface area contributed by atoms with E-state index < -0.39 is 15.7 Å². The molecule has 9 heteroatoms. The first-order valence-electron chi connectivity index (χ1n) is 7.65. The summed E-state index contributed by atoms with van der Waals surface area (Å²) in [6.07, 6.45) is 0.402. The lowest BCUT2D eigenvalue weighted by molar-refractivity contribution is 0.466. The molecule has 1 aromatic heterocycles. The summed E-state index contributed by atoms with van der Waals surface area (Å²) in [6, 6.07) is 11.9. The van der Waals surface area contributed by atoms with Crippen molar-refractivity contribution in [1.82, 2.24) is 10.2 Å². The van der Waals surface area contributed by atoms with Crippen LogP contribution in [0.2, 0.25) is 5.02 Å². The van der Waals surface area contributed by atoms with Gasteiger partial charge in [-0.3, -0.25) is 0 Å². The average molecular weight is 413 g/mol. The first kappa shape index (κ1) is 18.9. The van der Waals surface area contributed by atoms with Crippen molar-refractivity contribution in [1.29, 1.82) is 0 Å². The third kappa shape index (κ3) is 4.84. The van der Waals surface area contributed by atoms with Gasteiger partial charge in [-0.2, -0.15) is 0 Å². The Morgan fingerprint density at radius 1 is 1.12 bits per heavy atom. The molecule has 3 rings (SSSR count). The molecule has 0 atom stereocenters. The molecule has 0 bridgehead atoms. The molecular formula is C17H14ClFN2O3S2. The zero-order chi connectivity index (χ0) is 18.6. The number of aromatic nitrogens is 2. The lowest BCUT2D eigenvalue weighted by Gasteiger charge is -2.03. The molecule has 136 valence electrons. The van der Waals surface area contributed by atoms with Gasteiger partial charge in [0.2, 0.25) is 5.89 Å². The molecule has 0 spiro atoms. The number of rotatable bonds is 7. The predicted octanol–water partition coefficient (Wildman–Crippen LogP) is 4.49. The lowest BCUT2D eigenvalue weighted by Crippen LogP contribution is -2.07. The summed E-state index contributed by atoms with van der Waals surface area (Å²) in [4.78, 5) is 0.116. The van der Waals surface area contributed by atoms with Crippen LogP contribution in [0.5, 0.6) is 0 Å². The van der Waals surface area contributed by atoms with Crippen molar-refractivity contribution in [2.45, 2.75) is 16.5 Å². The Morgan fingerprint density at radius 3 is 2.62 bits per heavy atom. The molecule has 3 aromatic rings. The number of sulfone groups is 1. The fraction of sp³-hybridized carbons (Fsp3) is 0.176. The van der Waals surface area contributed by atoms with Crippen molar-refractivity contribution in [3.8, 4) is 11.5 Å². The number of halogens is 2. The van der Waals surface area contributed by atoms with Crippen molar-refractivity contribution in [3.63, 3.8) is 0 Å². The molecule has 0 fully saturated rings. The van der Waals surface area contributed by atoms with E-state index in [2.05, 4.69) is 10.2 Å². The minimum atomic E-state index is -3.44. The van der Waals surface area contributed by atoms with Crippen LogP contribution in [0.4, 0.5) is 4.39 Å². The van der Waals surface area contributed by atoms with E-state index in [-0.39, 0.29) is 10.6 Å². The molecule has 0 aliphatic carbocycles. The number of thioether (sulfide) groups is 1. The summed E-state index contributed by atoms with van der Waals surface area (Å²) in [5, 5.41) is 8.83. The van der Waals surface area contributed by atoms with Crippen LogP contribution in [0.15, 0.2) is 63.1 Å². The minimum Gasteiger partial charge on any atom is -0.411 e. The van der Waals surface area contributed by atoms with Gasteiger partial charge in [-0.1, -0.05) is 29.4 Å². The van der Waals surface area contributed by atoms with E-state index in [1.54, 1.807) is 18.2 Å². The Labute approximate surface area is 159 Å². The maximum Gasteiger partial charge on any atom is 0.276 e. The molecule has 26 heavy (non-hydrogen) atoms. The Hall–Kier alpha value is -1.90. The van der Waals surface area contributed by atoms with E-state index in [0.717, 1.165) is 17.7 Å². The van der Waals surface area contributed by atoms with Crippen LogP contribution in [-0.4, -0.2) is 30.1 Å². The van der Waals surface area contributed by atoms with Crippen LogP contribution >= 0.6 is 23.4 Å². The van der Waals surface area contributed by atoms with Gasteiger partial charge in [-0.05, 0) is 48.9 Å². The number of hydrogen-bond donors (Lipinski definition) is 0. The third-order valence-electron chi connectivity index (χ3n) is 3.43. The van der Waals surface area contributed by atoms with E-state index in [4.69, 9.17) is 16.0 Å². The van der Waals surface area contributed by atoms with Gasteiger partial charge in [-0.15, -0.1) is 10.2 Å². The zero-order valence-corrected chi connectivity index (χ0v) is 15.8. The Kier molecular flexibility index (Phi) is 5.95. The van der Waals surface area contributed by atoms with Crippen molar-refractivity contribution < 1.29 is 17.2 Å². The summed E-state index contributed by atoms with van der Waals surface area (Å²) < 4.78 is 42.8. The molecule has 2 aromatic carbocycles. The Morgan fingerprint density at radius 2 is 1.88 bits per heavy atom. The normalized spacial score (nSPS) is 11.6. The second kappa shape index (κ2) is 8.20. The largest absolute Gasteiger partial charge is 0.411 e. The van der Waals surface area contributed by atoms with Crippen molar-refractivity contribution in [2.75, 3.05) is 11.5 Å². The van der Waals surface area contributed by atoms with E-state index in [0.29, 0.717) is 28.3 Å². The lowest BCUT2D eigenvalue weighted by atomic mass is 10.2. The standard InChI is InChI=1S/C17H14ClFN2O3S2/c18-13-4-1-3-12(11-13)16-20-21-17(24-16)25-9-2-10-26(22,23)15-7-5-14(19)6-8-15/h1,3-8,11H,2,9-10H2. The van der Waals surface area contributed by atoms with Crippen LogP contribution in [0, 0.1) is 5.82 Å². The van der Waals surface area contributed by atoms with E-state index in [1.165, 1.54) is 23.9 Å². The average Bonchev–Trinajstić information content (AvgIpc) is 3.08. The molecule has 0 unspecified atom stereocenters. The molecule has 0 amide bonds. The monoisotopic (exact) mass is 412 g/mol. The quantitative estimate of drug-likeness (QED) is 0.323. The molecule has 1 heterocycles. The van der Waals surface area contributed by atoms with Crippen LogP contribution in [0.1, 0.15) is 6.42 Å². The summed E-state index contributed by atoms with van der Waals surface area (Å²) in [6.45, 7) is 0. The van der Waals surface area contributed by atoms with Gasteiger partial charge in [0.25, 0.3) is 5.22 Å². The smallest absolute Gasteiger partial charge is 0.276 e. The molecular weight excluding hydrogens is 399 g/mol. The Balaban J connectivity index is 1.53. The number of hydrogen-bond acceptors (Lipinski definition) is 6. The van der Waals surface area contributed by atoms with Crippen LogP contribution in [0.25, 0.3) is 11.5 Å². The fourth-order valence-corrected chi connectivity index (χ4v) is 4.56. The van der Waals surface area contributed by atoms with Gasteiger partial charge in [0.1, 0.15) is 5.82 Å². The fourth-order valence-electron chi connectivity index (χ4n) is 2.17. The van der Waals surface area contributed by atoms with Crippen molar-refractivity contribution in [3.05, 3.63) is 59.4 Å². The molecule has 0 radical (unpaired) electrons. The summed E-state index contributed by atoms with van der Waals surface area (Å²) >= 11 is 7.21. The van der Waals surface area contributed by atoms with Crippen LogP contribution in [-0.2, 0) is 9.84 Å². The molecule has 5 nitrogen and oxygen atoms in total. The highest BCUT2D eigenvalue weighted by Crippen LogP contribution is 2.25.